The Kier molecular flexibility index (Phi) is 7.19. The summed E-state index contributed by atoms with van der Waals surface area (Å²) in [5, 5.41) is 13.7. The lowest BCUT2D eigenvalue weighted by atomic mass is 10.3. The van der Waals surface area contributed by atoms with E-state index in [1.165, 1.54) is 11.8 Å². The van der Waals surface area contributed by atoms with E-state index in [0.29, 0.717) is 34.2 Å². The van der Waals surface area contributed by atoms with Crippen molar-refractivity contribution in [1.29, 1.82) is 0 Å². The molecule has 28 heavy (non-hydrogen) atoms. The van der Waals surface area contributed by atoms with Crippen molar-refractivity contribution >= 4 is 46.6 Å². The van der Waals surface area contributed by atoms with Gasteiger partial charge in [-0.15, -0.1) is 10.2 Å². The summed E-state index contributed by atoms with van der Waals surface area (Å²) in [5.74, 6) is 0.548. The molecule has 0 unspecified atom stereocenters. The maximum Gasteiger partial charge on any atom is 0.316 e. The Bertz CT molecular complexity index is 947. The summed E-state index contributed by atoms with van der Waals surface area (Å²) in [6.07, 6.45) is 0. The zero-order valence-corrected chi connectivity index (χ0v) is 17.4. The molecule has 6 nitrogen and oxygen atoms in total. The molecule has 1 heterocycles. The number of anilines is 1. The van der Waals surface area contributed by atoms with Gasteiger partial charge in [-0.2, -0.15) is 0 Å². The lowest BCUT2D eigenvalue weighted by molar-refractivity contribution is -0.139. The molecule has 0 radical (unpaired) electrons. The number of carbonyl (C=O) groups excluding carboxylic acids is 1. The van der Waals surface area contributed by atoms with Gasteiger partial charge in [-0.05, 0) is 49.4 Å². The number of rotatable bonds is 8. The van der Waals surface area contributed by atoms with Crippen LogP contribution in [-0.2, 0) is 16.1 Å². The molecule has 0 amide bonds. The zero-order chi connectivity index (χ0) is 19.9. The fourth-order valence-electron chi connectivity index (χ4n) is 2.46. The molecule has 3 rings (SSSR count). The third-order valence-electron chi connectivity index (χ3n) is 3.68. The second-order valence-corrected chi connectivity index (χ2v) is 7.48. The van der Waals surface area contributed by atoms with E-state index < -0.39 is 0 Å². The number of ether oxygens (including phenoxy) is 1. The van der Waals surface area contributed by atoms with E-state index in [1.54, 1.807) is 19.1 Å². The van der Waals surface area contributed by atoms with Gasteiger partial charge in [0.15, 0.2) is 11.0 Å². The van der Waals surface area contributed by atoms with Gasteiger partial charge in [0, 0.05) is 21.4 Å². The van der Waals surface area contributed by atoms with Gasteiger partial charge in [0.25, 0.3) is 0 Å². The minimum absolute atomic E-state index is 0.154. The molecule has 0 atom stereocenters. The van der Waals surface area contributed by atoms with Crippen LogP contribution in [0.4, 0.5) is 5.69 Å². The normalized spacial score (nSPS) is 10.7. The van der Waals surface area contributed by atoms with Gasteiger partial charge < -0.3 is 10.1 Å². The first kappa shape index (κ1) is 20.5. The fraction of sp³-hybridized carbons (Fsp3) is 0.211. The predicted molar refractivity (Wildman–Crippen MR) is 113 cm³/mol. The molecule has 1 aromatic heterocycles. The van der Waals surface area contributed by atoms with Crippen LogP contribution in [0.2, 0.25) is 10.0 Å². The highest BCUT2D eigenvalue weighted by Gasteiger charge is 2.16. The summed E-state index contributed by atoms with van der Waals surface area (Å²) in [4.78, 5) is 11.7. The van der Waals surface area contributed by atoms with Crippen LogP contribution < -0.4 is 5.32 Å². The molecular weight excluding hydrogens is 419 g/mol. The topological polar surface area (TPSA) is 69.0 Å². The Morgan fingerprint density at radius 1 is 1.14 bits per heavy atom. The molecule has 1 N–H and O–H groups in total. The second kappa shape index (κ2) is 9.82. The van der Waals surface area contributed by atoms with Crippen LogP contribution in [0.25, 0.3) is 5.69 Å². The summed E-state index contributed by atoms with van der Waals surface area (Å²) in [7, 11) is 0. The van der Waals surface area contributed by atoms with Crippen molar-refractivity contribution in [2.75, 3.05) is 17.7 Å². The van der Waals surface area contributed by atoms with Crippen molar-refractivity contribution in [1.82, 2.24) is 14.8 Å². The quantitative estimate of drug-likeness (QED) is 0.402. The molecule has 0 bridgehead atoms. The Morgan fingerprint density at radius 3 is 2.64 bits per heavy atom. The minimum Gasteiger partial charge on any atom is -0.465 e. The summed E-state index contributed by atoms with van der Waals surface area (Å²) in [6.45, 7) is 2.55. The van der Waals surface area contributed by atoms with Crippen molar-refractivity contribution in [3.05, 3.63) is 64.4 Å². The summed E-state index contributed by atoms with van der Waals surface area (Å²) in [6, 6.07) is 14.8. The van der Waals surface area contributed by atoms with Gasteiger partial charge in [0.1, 0.15) is 0 Å². The smallest absolute Gasteiger partial charge is 0.316 e. The third-order valence-corrected chi connectivity index (χ3v) is 5.07. The molecule has 0 saturated carbocycles. The monoisotopic (exact) mass is 436 g/mol. The molecule has 0 saturated heterocycles. The van der Waals surface area contributed by atoms with Crippen LogP contribution in [0.1, 0.15) is 12.7 Å². The van der Waals surface area contributed by atoms with Crippen LogP contribution in [-0.4, -0.2) is 33.1 Å². The number of aromatic nitrogens is 3. The van der Waals surface area contributed by atoms with Gasteiger partial charge in [0.05, 0.1) is 18.9 Å². The fourth-order valence-corrected chi connectivity index (χ4v) is 3.55. The number of esters is 1. The number of nitrogens with one attached hydrogen (secondary N) is 1. The Labute approximate surface area is 177 Å². The van der Waals surface area contributed by atoms with E-state index in [0.717, 1.165) is 11.4 Å². The standard InChI is InChI=1S/C19H18Cl2N4O2S/c1-2-27-18(26)12-28-19-24-23-17(11-22-15-5-3-4-14(21)10-15)25(19)16-8-6-13(20)7-9-16/h3-10,22H,2,11-12H2,1H3. The van der Waals surface area contributed by atoms with E-state index in [2.05, 4.69) is 15.5 Å². The number of nitrogens with zero attached hydrogens (tertiary/aromatic N) is 3. The molecule has 9 heteroatoms. The first-order valence-electron chi connectivity index (χ1n) is 8.55. The molecule has 0 aliphatic heterocycles. The summed E-state index contributed by atoms with van der Waals surface area (Å²) < 4.78 is 6.88. The predicted octanol–water partition coefficient (Wildman–Crippen LogP) is 4.84. The molecule has 2 aromatic carbocycles. The maximum atomic E-state index is 11.7. The Balaban J connectivity index is 1.84. The van der Waals surface area contributed by atoms with Crippen LogP contribution >= 0.6 is 35.0 Å². The highest BCUT2D eigenvalue weighted by molar-refractivity contribution is 7.99. The molecular formula is C19H18Cl2N4O2S. The average Bonchev–Trinajstić information content (AvgIpc) is 3.08. The molecule has 0 spiro atoms. The van der Waals surface area contributed by atoms with Crippen molar-refractivity contribution in [2.24, 2.45) is 0 Å². The van der Waals surface area contributed by atoms with E-state index in [1.807, 2.05) is 41.0 Å². The summed E-state index contributed by atoms with van der Waals surface area (Å²) >= 11 is 13.3. The Hall–Kier alpha value is -2.22. The Morgan fingerprint density at radius 2 is 1.93 bits per heavy atom. The third kappa shape index (κ3) is 5.41. The summed E-state index contributed by atoms with van der Waals surface area (Å²) in [5.41, 5.74) is 1.72. The number of halogens is 2. The molecule has 0 aliphatic carbocycles. The van der Waals surface area contributed by atoms with Crippen molar-refractivity contribution in [3.63, 3.8) is 0 Å². The lowest BCUT2D eigenvalue weighted by Crippen LogP contribution is -2.10. The molecule has 146 valence electrons. The zero-order valence-electron chi connectivity index (χ0n) is 15.1. The number of carbonyl (C=O) groups is 1. The molecule has 0 aliphatic rings. The highest BCUT2D eigenvalue weighted by Crippen LogP contribution is 2.24. The maximum absolute atomic E-state index is 11.7. The largest absolute Gasteiger partial charge is 0.465 e. The van der Waals surface area contributed by atoms with E-state index in [-0.39, 0.29) is 11.7 Å². The van der Waals surface area contributed by atoms with Gasteiger partial charge in [-0.25, -0.2) is 0 Å². The van der Waals surface area contributed by atoms with Crippen molar-refractivity contribution in [2.45, 2.75) is 18.6 Å². The molecule has 0 fully saturated rings. The van der Waals surface area contributed by atoms with E-state index in [9.17, 15) is 4.79 Å². The van der Waals surface area contributed by atoms with E-state index >= 15 is 0 Å². The highest BCUT2D eigenvalue weighted by atomic mass is 35.5. The van der Waals surface area contributed by atoms with Crippen LogP contribution in [0.5, 0.6) is 0 Å². The molecule has 3 aromatic rings. The van der Waals surface area contributed by atoms with Crippen LogP contribution in [0, 0.1) is 0 Å². The SMILES string of the molecule is CCOC(=O)CSc1nnc(CNc2cccc(Cl)c2)n1-c1ccc(Cl)cc1. The first-order valence-corrected chi connectivity index (χ1v) is 10.3. The minimum atomic E-state index is -0.295. The van der Waals surface area contributed by atoms with Crippen molar-refractivity contribution in [3.8, 4) is 5.69 Å². The van der Waals surface area contributed by atoms with Gasteiger partial charge in [-0.1, -0.05) is 41.0 Å². The average molecular weight is 437 g/mol. The van der Waals surface area contributed by atoms with Gasteiger partial charge in [0.2, 0.25) is 0 Å². The van der Waals surface area contributed by atoms with Crippen LogP contribution in [0.15, 0.2) is 53.7 Å². The number of hydrogen-bond donors (Lipinski definition) is 1. The second-order valence-electron chi connectivity index (χ2n) is 5.67. The number of hydrogen-bond acceptors (Lipinski definition) is 6. The lowest BCUT2D eigenvalue weighted by Gasteiger charge is -2.11. The number of benzene rings is 2. The van der Waals surface area contributed by atoms with Crippen molar-refractivity contribution < 1.29 is 9.53 Å². The van der Waals surface area contributed by atoms with Crippen LogP contribution in [0.3, 0.4) is 0 Å². The number of thioether (sulfide) groups is 1. The van der Waals surface area contributed by atoms with Gasteiger partial charge in [-0.3, -0.25) is 9.36 Å². The van der Waals surface area contributed by atoms with E-state index in [4.69, 9.17) is 27.9 Å². The van der Waals surface area contributed by atoms with Gasteiger partial charge >= 0.3 is 5.97 Å². The first-order chi connectivity index (χ1) is 13.6.